The van der Waals surface area contributed by atoms with Crippen molar-refractivity contribution in [3.8, 4) is 6.07 Å². The molecule has 1 saturated heterocycles. The first-order chi connectivity index (χ1) is 6.06. The summed E-state index contributed by atoms with van der Waals surface area (Å²) in [6, 6.07) is 3.46. The molecule has 1 aliphatic rings. The monoisotopic (exact) mass is 181 g/mol. The Kier molecular flexibility index (Phi) is 3.29. The molecule has 0 bridgehead atoms. The van der Waals surface area contributed by atoms with E-state index in [1.807, 2.05) is 6.92 Å². The van der Waals surface area contributed by atoms with Crippen molar-refractivity contribution in [2.24, 2.45) is 0 Å². The Morgan fingerprint density at radius 2 is 1.77 bits per heavy atom. The third-order valence-corrected chi connectivity index (χ3v) is 3.12. The van der Waals surface area contributed by atoms with E-state index in [9.17, 15) is 0 Å². The van der Waals surface area contributed by atoms with Crippen LogP contribution in [0.2, 0.25) is 0 Å². The molecule has 0 radical (unpaired) electrons. The zero-order chi connectivity index (χ0) is 10.0. The predicted octanol–water partition coefficient (Wildman–Crippen LogP) is 0.923. The van der Waals surface area contributed by atoms with E-state index >= 15 is 0 Å². The minimum Gasteiger partial charge on any atom is -0.298 e. The number of hydrogen-bond donors (Lipinski definition) is 0. The topological polar surface area (TPSA) is 30.3 Å². The lowest BCUT2D eigenvalue weighted by Crippen LogP contribution is -2.56. The van der Waals surface area contributed by atoms with E-state index in [2.05, 4.69) is 36.8 Å². The minimum absolute atomic E-state index is 0.0543. The van der Waals surface area contributed by atoms with Crippen LogP contribution in [0.5, 0.6) is 0 Å². The summed E-state index contributed by atoms with van der Waals surface area (Å²) >= 11 is 0. The van der Waals surface area contributed by atoms with Crippen LogP contribution in [0.25, 0.3) is 0 Å². The van der Waals surface area contributed by atoms with Crippen LogP contribution in [0.15, 0.2) is 0 Å². The van der Waals surface area contributed by atoms with Crippen LogP contribution >= 0.6 is 0 Å². The fourth-order valence-corrected chi connectivity index (χ4v) is 1.84. The fourth-order valence-electron chi connectivity index (χ4n) is 1.84. The number of rotatable bonds is 1. The minimum atomic E-state index is 0.0543. The Morgan fingerprint density at radius 3 is 2.15 bits per heavy atom. The van der Waals surface area contributed by atoms with Gasteiger partial charge in [0.15, 0.2) is 0 Å². The molecule has 0 saturated carbocycles. The van der Waals surface area contributed by atoms with Crippen molar-refractivity contribution < 1.29 is 0 Å². The van der Waals surface area contributed by atoms with Gasteiger partial charge in [0.25, 0.3) is 0 Å². The molecule has 0 amide bonds. The van der Waals surface area contributed by atoms with Gasteiger partial charge in [-0.25, -0.2) is 0 Å². The zero-order valence-corrected chi connectivity index (χ0v) is 8.99. The fraction of sp³-hybridized carbons (Fsp3) is 0.900. The molecule has 3 atom stereocenters. The van der Waals surface area contributed by atoms with E-state index in [0.29, 0.717) is 12.1 Å². The largest absolute Gasteiger partial charge is 0.298 e. The molecule has 1 aliphatic heterocycles. The van der Waals surface area contributed by atoms with Crippen molar-refractivity contribution >= 4 is 0 Å². The summed E-state index contributed by atoms with van der Waals surface area (Å²) in [5.74, 6) is 0. The maximum atomic E-state index is 8.82. The molecule has 1 rings (SSSR count). The Labute approximate surface area is 80.9 Å². The van der Waals surface area contributed by atoms with Gasteiger partial charge in [-0.3, -0.25) is 9.80 Å². The summed E-state index contributed by atoms with van der Waals surface area (Å²) in [7, 11) is 2.16. The second-order valence-electron chi connectivity index (χ2n) is 4.12. The maximum absolute atomic E-state index is 8.82. The van der Waals surface area contributed by atoms with Crippen molar-refractivity contribution in [2.45, 2.75) is 38.9 Å². The summed E-state index contributed by atoms with van der Waals surface area (Å²) in [5.41, 5.74) is 0. The van der Waals surface area contributed by atoms with Gasteiger partial charge < -0.3 is 0 Å². The van der Waals surface area contributed by atoms with Gasteiger partial charge in [0, 0.05) is 25.2 Å². The second-order valence-corrected chi connectivity index (χ2v) is 4.12. The van der Waals surface area contributed by atoms with E-state index in [0.717, 1.165) is 13.1 Å². The molecular weight excluding hydrogens is 162 g/mol. The molecule has 1 heterocycles. The van der Waals surface area contributed by atoms with Crippen LogP contribution in [-0.2, 0) is 0 Å². The first-order valence-corrected chi connectivity index (χ1v) is 4.92. The highest BCUT2D eigenvalue weighted by atomic mass is 15.3. The quantitative estimate of drug-likeness (QED) is 0.602. The summed E-state index contributed by atoms with van der Waals surface area (Å²) in [4.78, 5) is 4.63. The van der Waals surface area contributed by atoms with Crippen LogP contribution in [0.3, 0.4) is 0 Å². The molecule has 1 fully saturated rings. The average Bonchev–Trinajstić information content (AvgIpc) is 2.12. The molecular formula is C10H19N3. The van der Waals surface area contributed by atoms with E-state index in [4.69, 9.17) is 5.26 Å². The van der Waals surface area contributed by atoms with E-state index in [-0.39, 0.29) is 6.04 Å². The van der Waals surface area contributed by atoms with E-state index < -0.39 is 0 Å². The normalized spacial score (nSPS) is 34.1. The maximum Gasteiger partial charge on any atom is 0.0950 e. The van der Waals surface area contributed by atoms with Gasteiger partial charge in [0.1, 0.15) is 0 Å². The van der Waals surface area contributed by atoms with Gasteiger partial charge in [-0.1, -0.05) is 0 Å². The van der Waals surface area contributed by atoms with Gasteiger partial charge in [0.2, 0.25) is 0 Å². The van der Waals surface area contributed by atoms with Gasteiger partial charge >= 0.3 is 0 Å². The third kappa shape index (κ3) is 2.20. The average molecular weight is 181 g/mol. The highest BCUT2D eigenvalue weighted by molar-refractivity contribution is 4.93. The van der Waals surface area contributed by atoms with Gasteiger partial charge in [-0.2, -0.15) is 5.26 Å². The Balaban J connectivity index is 2.59. The number of likely N-dealkylation sites (N-methyl/N-ethyl adjacent to an activating group) is 1. The van der Waals surface area contributed by atoms with Crippen molar-refractivity contribution in [3.63, 3.8) is 0 Å². The zero-order valence-electron chi connectivity index (χ0n) is 8.99. The number of nitrogens with zero attached hydrogens (tertiary/aromatic N) is 3. The Hall–Kier alpha value is -0.590. The lowest BCUT2D eigenvalue weighted by atomic mass is 10.1. The smallest absolute Gasteiger partial charge is 0.0950 e. The highest BCUT2D eigenvalue weighted by Gasteiger charge is 2.28. The second kappa shape index (κ2) is 4.08. The summed E-state index contributed by atoms with van der Waals surface area (Å²) < 4.78 is 0. The summed E-state index contributed by atoms with van der Waals surface area (Å²) in [5, 5.41) is 8.82. The van der Waals surface area contributed by atoms with Crippen molar-refractivity contribution in [3.05, 3.63) is 0 Å². The van der Waals surface area contributed by atoms with Gasteiger partial charge in [0.05, 0.1) is 12.1 Å². The summed E-state index contributed by atoms with van der Waals surface area (Å²) in [6.45, 7) is 8.43. The molecule has 0 N–H and O–H groups in total. The standard InChI is InChI=1S/C10H19N3/c1-8(5-11)13-6-9(2)12(4)10(3)7-13/h8-10H,6-7H2,1-4H3. The molecule has 3 heteroatoms. The number of nitriles is 1. The SMILES string of the molecule is CC(C#N)N1CC(C)N(C)C(C)C1. The molecule has 3 unspecified atom stereocenters. The molecule has 0 aliphatic carbocycles. The van der Waals surface area contributed by atoms with E-state index in [1.165, 1.54) is 0 Å². The predicted molar refractivity (Wildman–Crippen MR) is 53.3 cm³/mol. The first-order valence-electron chi connectivity index (χ1n) is 4.92. The van der Waals surface area contributed by atoms with E-state index in [1.54, 1.807) is 0 Å². The molecule has 0 aromatic heterocycles. The van der Waals surface area contributed by atoms with Crippen LogP contribution in [-0.4, -0.2) is 48.1 Å². The molecule has 13 heavy (non-hydrogen) atoms. The first kappa shape index (κ1) is 10.5. The van der Waals surface area contributed by atoms with Crippen molar-refractivity contribution in [1.82, 2.24) is 9.80 Å². The lowest BCUT2D eigenvalue weighted by Gasteiger charge is -2.43. The Morgan fingerprint density at radius 1 is 1.31 bits per heavy atom. The van der Waals surface area contributed by atoms with Crippen LogP contribution in [0, 0.1) is 11.3 Å². The molecule has 0 aromatic rings. The number of hydrogen-bond acceptors (Lipinski definition) is 3. The van der Waals surface area contributed by atoms with Crippen LogP contribution in [0.1, 0.15) is 20.8 Å². The van der Waals surface area contributed by atoms with Crippen molar-refractivity contribution in [2.75, 3.05) is 20.1 Å². The van der Waals surface area contributed by atoms with Crippen molar-refractivity contribution in [1.29, 1.82) is 5.26 Å². The number of piperazine rings is 1. The lowest BCUT2D eigenvalue weighted by molar-refractivity contribution is 0.0501. The summed E-state index contributed by atoms with van der Waals surface area (Å²) in [6.07, 6.45) is 0. The van der Waals surface area contributed by atoms with Gasteiger partial charge in [-0.15, -0.1) is 0 Å². The molecule has 0 spiro atoms. The van der Waals surface area contributed by atoms with Gasteiger partial charge in [-0.05, 0) is 27.8 Å². The molecule has 74 valence electrons. The highest BCUT2D eigenvalue weighted by Crippen LogP contribution is 2.15. The van der Waals surface area contributed by atoms with Crippen LogP contribution in [0.4, 0.5) is 0 Å². The Bertz CT molecular complexity index is 197. The molecule has 3 nitrogen and oxygen atoms in total. The molecule has 0 aromatic carbocycles. The van der Waals surface area contributed by atoms with Crippen LogP contribution < -0.4 is 0 Å². The third-order valence-electron chi connectivity index (χ3n) is 3.12.